The fourth-order valence-electron chi connectivity index (χ4n) is 2.00. The predicted octanol–water partition coefficient (Wildman–Crippen LogP) is 2.72. The summed E-state index contributed by atoms with van der Waals surface area (Å²) in [6.45, 7) is 2.66. The van der Waals surface area contributed by atoms with E-state index in [0.29, 0.717) is 18.9 Å². The first-order valence-corrected chi connectivity index (χ1v) is 6.11. The number of pyridine rings is 1. The molecule has 0 fully saturated rings. The van der Waals surface area contributed by atoms with Crippen LogP contribution in [0.5, 0.6) is 11.5 Å². The molecule has 0 radical (unpaired) electrons. The molecule has 4 nitrogen and oxygen atoms in total. The van der Waals surface area contributed by atoms with Gasteiger partial charge in [0, 0.05) is 18.7 Å². The molecule has 0 spiro atoms. The van der Waals surface area contributed by atoms with E-state index in [4.69, 9.17) is 9.47 Å². The van der Waals surface area contributed by atoms with Gasteiger partial charge in [-0.05, 0) is 23.8 Å². The molecule has 0 atom stereocenters. The standard InChI is InChI=1S/C15H13NO3/c1-10(17)13-4-2-12(9-16-13)11-3-5-14-15(8-11)19-7-6-18-14/h2-5,8-9H,6-7H2,1H3. The average molecular weight is 255 g/mol. The number of hydrogen-bond donors (Lipinski definition) is 0. The Morgan fingerprint density at radius 1 is 1.05 bits per heavy atom. The summed E-state index contributed by atoms with van der Waals surface area (Å²) in [7, 11) is 0. The van der Waals surface area contributed by atoms with Gasteiger partial charge < -0.3 is 9.47 Å². The largest absolute Gasteiger partial charge is 0.486 e. The first-order chi connectivity index (χ1) is 9.24. The second-order valence-electron chi connectivity index (χ2n) is 4.35. The van der Waals surface area contributed by atoms with Crippen LogP contribution in [-0.2, 0) is 0 Å². The molecule has 2 aromatic rings. The van der Waals surface area contributed by atoms with Crippen LogP contribution < -0.4 is 9.47 Å². The van der Waals surface area contributed by atoms with E-state index < -0.39 is 0 Å². The lowest BCUT2D eigenvalue weighted by Crippen LogP contribution is -2.15. The third-order valence-electron chi connectivity index (χ3n) is 3.00. The van der Waals surface area contributed by atoms with E-state index in [1.807, 2.05) is 24.3 Å². The Labute approximate surface area is 111 Å². The summed E-state index contributed by atoms with van der Waals surface area (Å²) in [6.07, 6.45) is 1.70. The van der Waals surface area contributed by atoms with Crippen molar-refractivity contribution in [3.05, 3.63) is 42.2 Å². The van der Waals surface area contributed by atoms with Crippen molar-refractivity contribution >= 4 is 5.78 Å². The van der Waals surface area contributed by atoms with Crippen LogP contribution in [0.1, 0.15) is 17.4 Å². The maximum Gasteiger partial charge on any atom is 0.178 e. The number of fused-ring (bicyclic) bond motifs is 1. The molecule has 2 heterocycles. The molecule has 3 rings (SSSR count). The van der Waals surface area contributed by atoms with Gasteiger partial charge in [-0.2, -0.15) is 0 Å². The minimum atomic E-state index is -0.0336. The normalized spacial score (nSPS) is 13.1. The van der Waals surface area contributed by atoms with Gasteiger partial charge in [-0.15, -0.1) is 0 Å². The Morgan fingerprint density at radius 2 is 1.79 bits per heavy atom. The summed E-state index contributed by atoms with van der Waals surface area (Å²) in [5, 5.41) is 0. The van der Waals surface area contributed by atoms with Gasteiger partial charge in [-0.1, -0.05) is 12.1 Å². The number of nitrogens with zero attached hydrogens (tertiary/aromatic N) is 1. The molecule has 0 saturated carbocycles. The van der Waals surface area contributed by atoms with Gasteiger partial charge in [0.05, 0.1) is 0 Å². The molecule has 1 aromatic carbocycles. The first kappa shape index (κ1) is 11.7. The second-order valence-corrected chi connectivity index (χ2v) is 4.35. The van der Waals surface area contributed by atoms with Gasteiger partial charge in [0.2, 0.25) is 0 Å². The molecule has 0 saturated heterocycles. The van der Waals surface area contributed by atoms with Gasteiger partial charge in [0.15, 0.2) is 17.3 Å². The molecule has 1 aromatic heterocycles. The Hall–Kier alpha value is -2.36. The van der Waals surface area contributed by atoms with E-state index >= 15 is 0 Å². The van der Waals surface area contributed by atoms with Crippen molar-refractivity contribution in [2.45, 2.75) is 6.92 Å². The Bertz CT molecular complexity index is 620. The van der Waals surface area contributed by atoms with Gasteiger partial charge in [-0.25, -0.2) is 0 Å². The van der Waals surface area contributed by atoms with Crippen LogP contribution in [0.25, 0.3) is 11.1 Å². The maximum atomic E-state index is 11.2. The van der Waals surface area contributed by atoms with Crippen molar-refractivity contribution in [2.24, 2.45) is 0 Å². The molecule has 4 heteroatoms. The lowest BCUT2D eigenvalue weighted by atomic mass is 10.1. The van der Waals surface area contributed by atoms with Gasteiger partial charge in [0.1, 0.15) is 18.9 Å². The minimum Gasteiger partial charge on any atom is -0.486 e. The number of rotatable bonds is 2. The predicted molar refractivity (Wildman–Crippen MR) is 70.7 cm³/mol. The lowest BCUT2D eigenvalue weighted by Gasteiger charge is -2.18. The monoisotopic (exact) mass is 255 g/mol. The summed E-state index contributed by atoms with van der Waals surface area (Å²) in [5.41, 5.74) is 2.41. The molecule has 96 valence electrons. The van der Waals surface area contributed by atoms with Crippen LogP contribution in [0.3, 0.4) is 0 Å². The number of ketones is 1. The second kappa shape index (κ2) is 4.72. The van der Waals surface area contributed by atoms with Crippen molar-refractivity contribution in [3.8, 4) is 22.6 Å². The van der Waals surface area contributed by atoms with Crippen LogP contribution in [0.15, 0.2) is 36.5 Å². The zero-order valence-electron chi connectivity index (χ0n) is 10.6. The number of aromatic nitrogens is 1. The van der Waals surface area contributed by atoms with E-state index in [1.54, 1.807) is 12.3 Å². The maximum absolute atomic E-state index is 11.2. The molecular weight excluding hydrogens is 242 g/mol. The van der Waals surface area contributed by atoms with Crippen LogP contribution in [0, 0.1) is 0 Å². The Kier molecular flexibility index (Phi) is 2.91. The fourth-order valence-corrected chi connectivity index (χ4v) is 2.00. The lowest BCUT2D eigenvalue weighted by molar-refractivity contribution is 0.101. The number of carbonyl (C=O) groups is 1. The zero-order valence-corrected chi connectivity index (χ0v) is 10.6. The van der Waals surface area contributed by atoms with Gasteiger partial charge >= 0.3 is 0 Å². The van der Waals surface area contributed by atoms with E-state index in [9.17, 15) is 4.79 Å². The smallest absolute Gasteiger partial charge is 0.178 e. The van der Waals surface area contributed by atoms with Gasteiger partial charge in [0.25, 0.3) is 0 Å². The topological polar surface area (TPSA) is 48.4 Å². The first-order valence-electron chi connectivity index (χ1n) is 6.11. The number of carbonyl (C=O) groups excluding carboxylic acids is 1. The van der Waals surface area contributed by atoms with E-state index in [-0.39, 0.29) is 5.78 Å². The van der Waals surface area contributed by atoms with Crippen LogP contribution in [0.2, 0.25) is 0 Å². The summed E-state index contributed by atoms with van der Waals surface area (Å²) in [5.74, 6) is 1.48. The number of benzene rings is 1. The summed E-state index contributed by atoms with van der Waals surface area (Å²) >= 11 is 0. The Morgan fingerprint density at radius 3 is 2.47 bits per heavy atom. The molecule has 0 aliphatic carbocycles. The molecule has 0 unspecified atom stereocenters. The number of ether oxygens (including phenoxy) is 2. The molecule has 0 bridgehead atoms. The molecular formula is C15H13NO3. The third-order valence-corrected chi connectivity index (χ3v) is 3.00. The van der Waals surface area contributed by atoms with E-state index in [1.165, 1.54) is 6.92 Å². The van der Waals surface area contributed by atoms with Crippen molar-refractivity contribution in [1.82, 2.24) is 4.98 Å². The average Bonchev–Trinajstić information content (AvgIpc) is 2.47. The number of hydrogen-bond acceptors (Lipinski definition) is 4. The molecule has 0 amide bonds. The highest BCUT2D eigenvalue weighted by molar-refractivity contribution is 5.92. The molecule has 1 aliphatic rings. The summed E-state index contributed by atoms with van der Waals surface area (Å²) in [4.78, 5) is 15.3. The highest BCUT2D eigenvalue weighted by atomic mass is 16.6. The van der Waals surface area contributed by atoms with Crippen molar-refractivity contribution < 1.29 is 14.3 Å². The fraction of sp³-hybridized carbons (Fsp3) is 0.200. The van der Waals surface area contributed by atoms with Crippen LogP contribution in [-0.4, -0.2) is 24.0 Å². The molecule has 1 aliphatic heterocycles. The quantitative estimate of drug-likeness (QED) is 0.774. The van der Waals surface area contributed by atoms with Gasteiger partial charge in [-0.3, -0.25) is 9.78 Å². The SMILES string of the molecule is CC(=O)c1ccc(-c2ccc3c(c2)OCCO3)cn1. The van der Waals surface area contributed by atoms with E-state index in [2.05, 4.69) is 4.98 Å². The zero-order chi connectivity index (χ0) is 13.2. The summed E-state index contributed by atoms with van der Waals surface area (Å²) < 4.78 is 11.0. The van der Waals surface area contributed by atoms with Crippen molar-refractivity contribution in [3.63, 3.8) is 0 Å². The highest BCUT2D eigenvalue weighted by Crippen LogP contribution is 2.34. The third kappa shape index (κ3) is 2.29. The molecule has 0 N–H and O–H groups in total. The minimum absolute atomic E-state index is 0.0336. The Balaban J connectivity index is 1.95. The highest BCUT2D eigenvalue weighted by Gasteiger charge is 2.12. The van der Waals surface area contributed by atoms with Crippen molar-refractivity contribution in [1.29, 1.82) is 0 Å². The summed E-state index contributed by atoms with van der Waals surface area (Å²) in [6, 6.07) is 9.39. The van der Waals surface area contributed by atoms with Crippen molar-refractivity contribution in [2.75, 3.05) is 13.2 Å². The van der Waals surface area contributed by atoms with Crippen LogP contribution >= 0.6 is 0 Å². The number of Topliss-reactive ketones (excluding diaryl/α,β-unsaturated/α-hetero) is 1. The van der Waals surface area contributed by atoms with Crippen LogP contribution in [0.4, 0.5) is 0 Å². The molecule has 19 heavy (non-hydrogen) atoms. The van der Waals surface area contributed by atoms with E-state index in [0.717, 1.165) is 22.6 Å².